The lowest BCUT2D eigenvalue weighted by Gasteiger charge is -2.06. The highest BCUT2D eigenvalue weighted by molar-refractivity contribution is 5.90. The van der Waals surface area contributed by atoms with Crippen molar-refractivity contribution in [2.24, 2.45) is 0 Å². The Hall–Kier alpha value is -1.97. The summed E-state index contributed by atoms with van der Waals surface area (Å²) in [4.78, 5) is 11.0. The number of rotatable bonds is 4. The number of aryl methyl sites for hydroxylation is 1. The molecule has 2 aromatic rings. The fraction of sp³-hybridized carbons (Fsp3) is 0.357. The number of hydrogen-bond donors (Lipinski definition) is 2. The maximum absolute atomic E-state index is 11.0. The molecule has 2 rings (SSSR count). The molecule has 0 saturated carbocycles. The van der Waals surface area contributed by atoms with Crippen LogP contribution >= 0.6 is 0 Å². The predicted octanol–water partition coefficient (Wildman–Crippen LogP) is 3.28. The minimum atomic E-state index is -0.886. The standard InChI is InChI=1S/C14H16O4/c1-3-4-10-12(15)6-5-9-11(7-18-13(9)10)8(2)14(16)17/h5-8,15H,3-4H2,1-2H3,(H,16,17). The van der Waals surface area contributed by atoms with Gasteiger partial charge in [0.15, 0.2) is 0 Å². The minimum Gasteiger partial charge on any atom is -0.508 e. The maximum Gasteiger partial charge on any atom is 0.310 e. The molecule has 0 amide bonds. The molecule has 0 aliphatic carbocycles. The molecule has 0 aliphatic heterocycles. The first-order valence-electron chi connectivity index (χ1n) is 6.01. The highest BCUT2D eigenvalue weighted by Crippen LogP contribution is 2.34. The van der Waals surface area contributed by atoms with Gasteiger partial charge in [-0.15, -0.1) is 0 Å². The molecule has 0 saturated heterocycles. The predicted molar refractivity (Wildman–Crippen MR) is 67.9 cm³/mol. The highest BCUT2D eigenvalue weighted by atomic mass is 16.4. The third-order valence-corrected chi connectivity index (χ3v) is 3.19. The lowest BCUT2D eigenvalue weighted by molar-refractivity contribution is -0.138. The first kappa shape index (κ1) is 12.5. The van der Waals surface area contributed by atoms with Crippen LogP contribution in [-0.2, 0) is 11.2 Å². The van der Waals surface area contributed by atoms with Crippen LogP contribution in [0.5, 0.6) is 5.75 Å². The molecule has 2 N–H and O–H groups in total. The molecule has 1 unspecified atom stereocenters. The number of furan rings is 1. The normalized spacial score (nSPS) is 12.8. The van der Waals surface area contributed by atoms with E-state index in [1.54, 1.807) is 19.1 Å². The van der Waals surface area contributed by atoms with Crippen molar-refractivity contribution in [3.63, 3.8) is 0 Å². The van der Waals surface area contributed by atoms with Crippen molar-refractivity contribution in [3.8, 4) is 5.75 Å². The number of aliphatic carboxylic acids is 1. The molecule has 0 fully saturated rings. The summed E-state index contributed by atoms with van der Waals surface area (Å²) >= 11 is 0. The molecule has 4 nitrogen and oxygen atoms in total. The van der Waals surface area contributed by atoms with Gasteiger partial charge in [-0.1, -0.05) is 13.3 Å². The van der Waals surface area contributed by atoms with Crippen molar-refractivity contribution in [2.75, 3.05) is 0 Å². The van der Waals surface area contributed by atoms with Crippen LogP contribution in [0, 0.1) is 0 Å². The molecule has 0 aliphatic rings. The summed E-state index contributed by atoms with van der Waals surface area (Å²) in [6.45, 7) is 3.64. The number of carboxylic acids is 1. The third kappa shape index (κ3) is 1.94. The van der Waals surface area contributed by atoms with E-state index < -0.39 is 11.9 Å². The zero-order valence-corrected chi connectivity index (χ0v) is 10.4. The van der Waals surface area contributed by atoms with Crippen LogP contribution in [-0.4, -0.2) is 16.2 Å². The lowest BCUT2D eigenvalue weighted by Crippen LogP contribution is -2.06. The highest BCUT2D eigenvalue weighted by Gasteiger charge is 2.21. The Morgan fingerprint density at radius 3 is 2.78 bits per heavy atom. The molecular formula is C14H16O4. The van der Waals surface area contributed by atoms with E-state index >= 15 is 0 Å². The fourth-order valence-electron chi connectivity index (χ4n) is 2.13. The second-order valence-corrected chi connectivity index (χ2v) is 4.44. The van der Waals surface area contributed by atoms with Gasteiger partial charge in [0.05, 0.1) is 12.2 Å². The van der Waals surface area contributed by atoms with Crippen molar-refractivity contribution in [1.29, 1.82) is 0 Å². The van der Waals surface area contributed by atoms with E-state index in [0.29, 0.717) is 17.6 Å². The number of aromatic hydroxyl groups is 1. The van der Waals surface area contributed by atoms with E-state index in [1.165, 1.54) is 6.26 Å². The Bertz CT molecular complexity index is 583. The zero-order chi connectivity index (χ0) is 13.3. The largest absolute Gasteiger partial charge is 0.508 e. The Morgan fingerprint density at radius 1 is 1.44 bits per heavy atom. The fourth-order valence-corrected chi connectivity index (χ4v) is 2.13. The molecule has 1 aromatic heterocycles. The molecule has 96 valence electrons. The van der Waals surface area contributed by atoms with Crippen LogP contribution in [0.4, 0.5) is 0 Å². The van der Waals surface area contributed by atoms with Crippen molar-refractivity contribution >= 4 is 16.9 Å². The van der Waals surface area contributed by atoms with Crippen LogP contribution < -0.4 is 0 Å². The van der Waals surface area contributed by atoms with Gasteiger partial charge in [0.1, 0.15) is 11.3 Å². The topological polar surface area (TPSA) is 70.7 Å². The number of phenolic OH excluding ortho intramolecular Hbond substituents is 1. The van der Waals surface area contributed by atoms with Gasteiger partial charge in [0.25, 0.3) is 0 Å². The molecule has 4 heteroatoms. The van der Waals surface area contributed by atoms with Crippen LogP contribution in [0.15, 0.2) is 22.8 Å². The molecule has 1 aromatic carbocycles. The molecule has 1 heterocycles. The Morgan fingerprint density at radius 2 is 2.17 bits per heavy atom. The van der Waals surface area contributed by atoms with Gasteiger partial charge in [-0.2, -0.15) is 0 Å². The average Bonchev–Trinajstić information content (AvgIpc) is 2.75. The summed E-state index contributed by atoms with van der Waals surface area (Å²) in [5.41, 5.74) is 1.99. The lowest BCUT2D eigenvalue weighted by atomic mass is 9.98. The van der Waals surface area contributed by atoms with Crippen molar-refractivity contribution in [3.05, 3.63) is 29.5 Å². The van der Waals surface area contributed by atoms with Gasteiger partial charge in [-0.05, 0) is 25.5 Å². The van der Waals surface area contributed by atoms with E-state index in [9.17, 15) is 9.90 Å². The SMILES string of the molecule is CCCc1c(O)ccc2c(C(C)C(=O)O)coc12. The van der Waals surface area contributed by atoms with Gasteiger partial charge in [-0.25, -0.2) is 0 Å². The van der Waals surface area contributed by atoms with Crippen LogP contribution in [0.3, 0.4) is 0 Å². The number of benzene rings is 1. The van der Waals surface area contributed by atoms with Gasteiger partial charge in [-0.3, -0.25) is 4.79 Å². The summed E-state index contributed by atoms with van der Waals surface area (Å²) < 4.78 is 5.46. The summed E-state index contributed by atoms with van der Waals surface area (Å²) in [7, 11) is 0. The molecule has 0 spiro atoms. The van der Waals surface area contributed by atoms with Gasteiger partial charge < -0.3 is 14.6 Å². The second-order valence-electron chi connectivity index (χ2n) is 4.44. The summed E-state index contributed by atoms with van der Waals surface area (Å²) in [5, 5.41) is 19.6. The summed E-state index contributed by atoms with van der Waals surface area (Å²) in [6.07, 6.45) is 3.07. The van der Waals surface area contributed by atoms with E-state index in [4.69, 9.17) is 9.52 Å². The van der Waals surface area contributed by atoms with Crippen molar-refractivity contribution in [1.82, 2.24) is 0 Å². The summed E-state index contributed by atoms with van der Waals surface area (Å²) in [6, 6.07) is 3.31. The first-order valence-corrected chi connectivity index (χ1v) is 6.01. The van der Waals surface area contributed by atoms with Crippen LogP contribution in [0.2, 0.25) is 0 Å². The van der Waals surface area contributed by atoms with Crippen molar-refractivity contribution in [2.45, 2.75) is 32.6 Å². The Labute approximate surface area is 105 Å². The molecular weight excluding hydrogens is 232 g/mol. The zero-order valence-electron chi connectivity index (χ0n) is 10.4. The smallest absolute Gasteiger partial charge is 0.310 e. The number of hydrogen-bond acceptors (Lipinski definition) is 3. The van der Waals surface area contributed by atoms with E-state index in [0.717, 1.165) is 17.4 Å². The Balaban J connectivity index is 2.61. The summed E-state index contributed by atoms with van der Waals surface area (Å²) in [5.74, 6) is -1.30. The quantitative estimate of drug-likeness (QED) is 0.871. The van der Waals surface area contributed by atoms with E-state index in [-0.39, 0.29) is 5.75 Å². The number of carboxylic acid groups (broad SMARTS) is 1. The molecule has 18 heavy (non-hydrogen) atoms. The number of fused-ring (bicyclic) bond motifs is 1. The van der Waals surface area contributed by atoms with Crippen LogP contribution in [0.25, 0.3) is 11.0 Å². The Kier molecular flexibility index (Phi) is 3.28. The van der Waals surface area contributed by atoms with Crippen LogP contribution in [0.1, 0.15) is 37.3 Å². The first-order chi connectivity index (χ1) is 8.56. The monoisotopic (exact) mass is 248 g/mol. The van der Waals surface area contributed by atoms with E-state index in [2.05, 4.69) is 0 Å². The second kappa shape index (κ2) is 4.72. The molecule has 1 atom stereocenters. The molecule has 0 radical (unpaired) electrons. The van der Waals surface area contributed by atoms with Gasteiger partial charge in [0.2, 0.25) is 0 Å². The van der Waals surface area contributed by atoms with Gasteiger partial charge in [0, 0.05) is 16.5 Å². The van der Waals surface area contributed by atoms with E-state index in [1.807, 2.05) is 6.92 Å². The molecule has 0 bridgehead atoms. The number of phenols is 1. The maximum atomic E-state index is 11.0. The van der Waals surface area contributed by atoms with Gasteiger partial charge >= 0.3 is 5.97 Å². The number of carbonyl (C=O) groups is 1. The average molecular weight is 248 g/mol. The van der Waals surface area contributed by atoms with Crippen molar-refractivity contribution < 1.29 is 19.4 Å². The third-order valence-electron chi connectivity index (χ3n) is 3.19. The minimum absolute atomic E-state index is 0.202.